The van der Waals surface area contributed by atoms with Crippen LogP contribution < -0.4 is 10.0 Å². The van der Waals surface area contributed by atoms with E-state index in [2.05, 4.69) is 10.3 Å². The highest BCUT2D eigenvalue weighted by atomic mass is 32.2. The number of hydrogen-bond acceptors (Lipinski definition) is 8. The molecule has 0 spiro atoms. The number of hydrogen-bond donors (Lipinski definition) is 4. The second-order valence-corrected chi connectivity index (χ2v) is 9.79. The first-order chi connectivity index (χ1) is 14.3. The van der Waals surface area contributed by atoms with Crippen LogP contribution in [0.3, 0.4) is 0 Å². The Balaban J connectivity index is 2.20. The third kappa shape index (κ3) is 9.19. The van der Waals surface area contributed by atoms with E-state index in [0.29, 0.717) is 17.1 Å². The van der Waals surface area contributed by atoms with Gasteiger partial charge in [-0.3, -0.25) is 9.27 Å². The molecule has 10 nitrogen and oxygen atoms in total. The Kier molecular flexibility index (Phi) is 8.37. The van der Waals surface area contributed by atoms with E-state index in [1.807, 2.05) is 4.72 Å². The smallest absolute Gasteiger partial charge is 0.408 e. The Labute approximate surface area is 185 Å². The fourth-order valence-corrected chi connectivity index (χ4v) is 3.90. The zero-order valence-electron chi connectivity index (χ0n) is 17.7. The Morgan fingerprint density at radius 2 is 1.87 bits per heavy atom. The molecule has 12 heteroatoms. The van der Waals surface area contributed by atoms with Crippen molar-refractivity contribution >= 4 is 33.4 Å². The van der Waals surface area contributed by atoms with Crippen molar-refractivity contribution in [3.05, 3.63) is 45.9 Å². The Hall–Kier alpha value is -2.25. The summed E-state index contributed by atoms with van der Waals surface area (Å²) < 4.78 is 42.9. The molecule has 1 aromatic heterocycles. The molecule has 31 heavy (non-hydrogen) atoms. The molecular formula is C19H27N3O7S2. The molecule has 0 bridgehead atoms. The number of anilines is 1. The predicted molar refractivity (Wildman–Crippen MR) is 116 cm³/mol. The van der Waals surface area contributed by atoms with Gasteiger partial charge in [0.2, 0.25) is 0 Å². The van der Waals surface area contributed by atoms with E-state index in [9.17, 15) is 18.3 Å². The predicted octanol–water partition coefficient (Wildman–Crippen LogP) is 2.67. The Morgan fingerprint density at radius 3 is 2.42 bits per heavy atom. The van der Waals surface area contributed by atoms with Gasteiger partial charge in [0.05, 0.1) is 17.4 Å². The highest BCUT2D eigenvalue weighted by Crippen LogP contribution is 2.25. The van der Waals surface area contributed by atoms with Crippen molar-refractivity contribution in [3.63, 3.8) is 0 Å². The van der Waals surface area contributed by atoms with Gasteiger partial charge in [0.1, 0.15) is 10.6 Å². The van der Waals surface area contributed by atoms with Crippen LogP contribution in [-0.4, -0.2) is 48.2 Å². The van der Waals surface area contributed by atoms with Crippen molar-refractivity contribution in [3.8, 4) is 0 Å². The molecule has 0 aliphatic heterocycles. The van der Waals surface area contributed by atoms with Crippen molar-refractivity contribution < 1.29 is 32.3 Å². The van der Waals surface area contributed by atoms with E-state index >= 15 is 0 Å². The van der Waals surface area contributed by atoms with E-state index < -0.39 is 34.3 Å². The number of rotatable bonds is 9. The van der Waals surface area contributed by atoms with E-state index in [-0.39, 0.29) is 12.1 Å². The van der Waals surface area contributed by atoms with Crippen molar-refractivity contribution in [2.24, 2.45) is 0 Å². The van der Waals surface area contributed by atoms with Crippen LogP contribution in [-0.2, 0) is 32.6 Å². The number of ether oxygens (including phenoxy) is 2. The molecule has 172 valence electrons. The SMILES string of the molecule is COC(O)Cc1csc([C@H](Cc2ccc(NS(=O)(=O)O)cc2)NC(=O)OC(C)(C)C)n1. The molecule has 2 aromatic rings. The first-order valence-electron chi connectivity index (χ1n) is 9.33. The molecule has 0 saturated heterocycles. The van der Waals surface area contributed by atoms with Gasteiger partial charge in [-0.25, -0.2) is 9.78 Å². The van der Waals surface area contributed by atoms with Crippen LogP contribution in [0, 0.1) is 0 Å². The zero-order valence-corrected chi connectivity index (χ0v) is 19.3. The first kappa shape index (κ1) is 25.0. The molecule has 0 radical (unpaired) electrons. The number of nitrogens with zero attached hydrogens (tertiary/aromatic N) is 1. The lowest BCUT2D eigenvalue weighted by atomic mass is 10.1. The number of methoxy groups -OCH3 is 1. The van der Waals surface area contributed by atoms with Crippen molar-refractivity contribution in [1.29, 1.82) is 0 Å². The largest absolute Gasteiger partial charge is 0.444 e. The second kappa shape index (κ2) is 10.4. The lowest BCUT2D eigenvalue weighted by Gasteiger charge is -2.23. The second-order valence-electron chi connectivity index (χ2n) is 7.75. The lowest BCUT2D eigenvalue weighted by Crippen LogP contribution is -2.35. The van der Waals surface area contributed by atoms with Crippen molar-refractivity contribution in [2.45, 2.75) is 51.5 Å². The number of benzene rings is 1. The topological polar surface area (TPSA) is 147 Å². The molecule has 0 aliphatic rings. The molecular weight excluding hydrogens is 446 g/mol. The highest BCUT2D eigenvalue weighted by Gasteiger charge is 2.23. The Morgan fingerprint density at radius 1 is 1.23 bits per heavy atom. The average Bonchev–Trinajstić information content (AvgIpc) is 3.08. The fourth-order valence-electron chi connectivity index (χ4n) is 2.58. The van der Waals surface area contributed by atoms with Gasteiger partial charge in [-0.15, -0.1) is 11.3 Å². The van der Waals surface area contributed by atoms with E-state index in [1.54, 1.807) is 38.3 Å². The maximum atomic E-state index is 12.4. The first-order valence-corrected chi connectivity index (χ1v) is 11.7. The summed E-state index contributed by atoms with van der Waals surface area (Å²) in [5.74, 6) is 0. The number of carbonyl (C=O) groups is 1. The summed E-state index contributed by atoms with van der Waals surface area (Å²) in [6.07, 6.45) is -1.02. The van der Waals surface area contributed by atoms with E-state index in [4.69, 9.17) is 14.0 Å². The maximum absolute atomic E-state index is 12.4. The Bertz CT molecular complexity index is 969. The number of aliphatic hydroxyl groups is 1. The number of carbonyl (C=O) groups excluding carboxylic acids is 1. The molecule has 1 amide bonds. The number of aliphatic hydroxyl groups excluding tert-OH is 1. The number of thiazole rings is 1. The monoisotopic (exact) mass is 473 g/mol. The van der Waals surface area contributed by atoms with Gasteiger partial charge < -0.3 is 19.9 Å². The van der Waals surface area contributed by atoms with Gasteiger partial charge in [-0.2, -0.15) is 8.42 Å². The van der Waals surface area contributed by atoms with Crippen LogP contribution in [0.5, 0.6) is 0 Å². The highest BCUT2D eigenvalue weighted by molar-refractivity contribution is 7.87. The minimum atomic E-state index is -4.36. The fraction of sp³-hybridized carbons (Fsp3) is 0.474. The maximum Gasteiger partial charge on any atom is 0.408 e. The minimum absolute atomic E-state index is 0.202. The molecule has 2 atom stereocenters. The number of nitrogens with one attached hydrogen (secondary N) is 2. The lowest BCUT2D eigenvalue weighted by molar-refractivity contribution is -0.0725. The average molecular weight is 474 g/mol. The zero-order chi connectivity index (χ0) is 23.2. The molecule has 1 aromatic carbocycles. The van der Waals surface area contributed by atoms with Gasteiger partial charge >= 0.3 is 16.4 Å². The summed E-state index contributed by atoms with van der Waals surface area (Å²) in [7, 11) is -2.97. The quantitative estimate of drug-likeness (QED) is 0.321. The molecule has 1 unspecified atom stereocenters. The van der Waals surface area contributed by atoms with Crippen LogP contribution >= 0.6 is 11.3 Å². The van der Waals surface area contributed by atoms with Crippen LogP contribution in [0.25, 0.3) is 0 Å². The normalized spacial score (nSPS) is 14.0. The summed E-state index contributed by atoms with van der Waals surface area (Å²) in [5.41, 5.74) is 0.940. The van der Waals surface area contributed by atoms with Crippen LogP contribution in [0.4, 0.5) is 10.5 Å². The van der Waals surface area contributed by atoms with Crippen LogP contribution in [0.1, 0.15) is 43.1 Å². The molecule has 1 heterocycles. The molecule has 0 fully saturated rings. The van der Waals surface area contributed by atoms with E-state index in [0.717, 1.165) is 5.56 Å². The van der Waals surface area contributed by atoms with Gasteiger partial charge in [-0.1, -0.05) is 12.1 Å². The van der Waals surface area contributed by atoms with Crippen molar-refractivity contribution in [2.75, 3.05) is 11.8 Å². The summed E-state index contributed by atoms with van der Waals surface area (Å²) in [6.45, 7) is 5.28. The van der Waals surface area contributed by atoms with Gasteiger partial charge in [-0.05, 0) is 44.9 Å². The van der Waals surface area contributed by atoms with Crippen LogP contribution in [0.2, 0.25) is 0 Å². The number of alkyl carbamates (subject to hydrolysis) is 1. The molecule has 0 aliphatic carbocycles. The van der Waals surface area contributed by atoms with Crippen molar-refractivity contribution in [1.82, 2.24) is 10.3 Å². The van der Waals surface area contributed by atoms with Crippen LogP contribution in [0.15, 0.2) is 29.6 Å². The third-order valence-electron chi connectivity index (χ3n) is 3.85. The summed E-state index contributed by atoms with van der Waals surface area (Å²) in [5, 5.41) is 14.9. The summed E-state index contributed by atoms with van der Waals surface area (Å²) in [6, 6.07) is 5.81. The minimum Gasteiger partial charge on any atom is -0.444 e. The molecule has 2 rings (SSSR count). The van der Waals surface area contributed by atoms with Gasteiger partial charge in [0.25, 0.3) is 0 Å². The third-order valence-corrected chi connectivity index (χ3v) is 5.36. The van der Waals surface area contributed by atoms with E-state index in [1.165, 1.54) is 30.6 Å². The van der Waals surface area contributed by atoms with Gasteiger partial charge in [0.15, 0.2) is 6.29 Å². The molecule has 0 saturated carbocycles. The number of amides is 1. The molecule has 4 N–H and O–H groups in total. The standard InChI is InChI=1S/C19H27N3O7S2/c1-19(2,3)29-18(24)21-15(17-20-14(11-30-17)10-16(23)28-4)9-12-5-7-13(8-6-12)22-31(25,26)27/h5-8,11,15-16,22-23H,9-10H2,1-4H3,(H,21,24)(H,25,26,27)/t15-,16?/m0/s1. The summed E-state index contributed by atoms with van der Waals surface area (Å²) >= 11 is 1.33. The number of aromatic nitrogens is 1. The van der Waals surface area contributed by atoms with Gasteiger partial charge in [0, 0.05) is 18.9 Å². The summed E-state index contributed by atoms with van der Waals surface area (Å²) in [4.78, 5) is 16.8.